The molecule has 0 aliphatic carbocycles. The first kappa shape index (κ1) is 28.1. The van der Waals surface area contributed by atoms with Crippen molar-refractivity contribution in [3.05, 3.63) is 0 Å². The van der Waals surface area contributed by atoms with Gasteiger partial charge in [0.15, 0.2) is 0 Å². The van der Waals surface area contributed by atoms with Gasteiger partial charge in [0, 0.05) is 0 Å². The Morgan fingerprint density at radius 1 is 0.643 bits per heavy atom. The van der Waals surface area contributed by atoms with Crippen molar-refractivity contribution in [1.82, 2.24) is 0 Å². The van der Waals surface area contributed by atoms with Gasteiger partial charge < -0.3 is 8.58 Å². The van der Waals surface area contributed by atoms with Crippen LogP contribution < -0.4 is 0 Å². The van der Waals surface area contributed by atoms with E-state index in [9.17, 15) is 9.59 Å². The lowest BCUT2D eigenvalue weighted by atomic mass is 9.83. The fourth-order valence-corrected chi connectivity index (χ4v) is 3.77. The van der Waals surface area contributed by atoms with Gasteiger partial charge in [-0.15, -0.1) is 23.2 Å². The van der Waals surface area contributed by atoms with Crippen molar-refractivity contribution in [1.29, 1.82) is 0 Å². The maximum absolute atomic E-state index is 11.4. The number of carbonyl (C=O) groups is 2. The number of alkyl halides is 2. The van der Waals surface area contributed by atoms with E-state index in [1.807, 2.05) is 27.7 Å². The molecule has 0 aliphatic rings. The predicted molar refractivity (Wildman–Crippen MR) is 117 cm³/mol. The molecule has 4 nitrogen and oxygen atoms in total. The molecule has 0 saturated carbocycles. The largest absolute Gasteiger partial charge is 0.346 e. The fourth-order valence-electron chi connectivity index (χ4n) is 3.19. The average molecular weight is 480 g/mol. The van der Waals surface area contributed by atoms with Crippen molar-refractivity contribution in [3.63, 3.8) is 0 Å². The SMILES string of the molecule is CC(C)(CCCCCCCCCCC(C)(C)C(Cl)C(=O)OCl)C(Cl)C(=O)OCl. The Morgan fingerprint density at radius 2 is 0.893 bits per heavy atom. The Morgan fingerprint density at radius 3 is 1.14 bits per heavy atom. The summed E-state index contributed by atoms with van der Waals surface area (Å²) in [4.78, 5) is 22.9. The lowest BCUT2D eigenvalue weighted by Gasteiger charge is -2.27. The summed E-state index contributed by atoms with van der Waals surface area (Å²) in [5.41, 5.74) is -0.674. The molecule has 0 radical (unpaired) electrons. The highest BCUT2D eigenvalue weighted by Gasteiger charge is 2.35. The van der Waals surface area contributed by atoms with Crippen molar-refractivity contribution in [2.75, 3.05) is 0 Å². The van der Waals surface area contributed by atoms with Crippen LogP contribution in [-0.4, -0.2) is 22.7 Å². The molecule has 0 rings (SSSR count). The highest BCUT2D eigenvalue weighted by molar-refractivity contribution is 6.32. The molecule has 28 heavy (non-hydrogen) atoms. The van der Waals surface area contributed by atoms with Crippen LogP contribution in [0.25, 0.3) is 0 Å². The summed E-state index contributed by atoms with van der Waals surface area (Å²) in [5, 5.41) is -1.46. The molecule has 2 atom stereocenters. The van der Waals surface area contributed by atoms with E-state index in [4.69, 9.17) is 46.9 Å². The third-order valence-corrected chi connectivity index (χ3v) is 7.17. The minimum absolute atomic E-state index is 0.337. The van der Waals surface area contributed by atoms with E-state index in [1.165, 1.54) is 25.7 Å². The minimum Gasteiger partial charge on any atom is -0.346 e. The number of hydrogen-bond donors (Lipinski definition) is 0. The van der Waals surface area contributed by atoms with E-state index in [1.54, 1.807) is 0 Å². The zero-order valence-electron chi connectivity index (χ0n) is 17.4. The van der Waals surface area contributed by atoms with E-state index in [-0.39, 0.29) is 10.8 Å². The molecule has 0 aromatic rings. The molecule has 0 fully saturated rings. The summed E-state index contributed by atoms with van der Waals surface area (Å²) in [5.74, 6) is -1.17. The van der Waals surface area contributed by atoms with Crippen LogP contribution in [-0.2, 0) is 18.2 Å². The second-order valence-corrected chi connectivity index (χ2v) is 10.0. The summed E-state index contributed by atoms with van der Waals surface area (Å²) >= 11 is 22.4. The second-order valence-electron chi connectivity index (χ2n) is 8.82. The molecule has 0 bridgehead atoms. The van der Waals surface area contributed by atoms with E-state index in [0.717, 1.165) is 38.5 Å². The fraction of sp³-hybridized carbons (Fsp3) is 0.900. The number of unbranched alkanes of at least 4 members (excludes halogenated alkanes) is 7. The standard InChI is InChI=1S/C20H34Cl4O4/c1-19(2,15(21)17(25)27-23)13-11-9-7-5-6-8-10-12-14-20(3,4)16(22)18(26)28-24/h15-16H,5-14H2,1-4H3. The van der Waals surface area contributed by atoms with Gasteiger partial charge in [-0.3, -0.25) is 0 Å². The summed E-state index contributed by atoms with van der Waals surface area (Å²) < 4.78 is 8.41. The third kappa shape index (κ3) is 10.8. The lowest BCUT2D eigenvalue weighted by molar-refractivity contribution is -0.136. The Hall–Kier alpha value is 0.1000. The van der Waals surface area contributed by atoms with Crippen LogP contribution in [0.5, 0.6) is 0 Å². The summed E-state index contributed by atoms with van der Waals surface area (Å²) in [7, 11) is 0. The number of carbonyl (C=O) groups excluding carboxylic acids is 2. The molecule has 8 heteroatoms. The van der Waals surface area contributed by atoms with Crippen LogP contribution in [0, 0.1) is 10.8 Å². The van der Waals surface area contributed by atoms with Gasteiger partial charge in [0.05, 0.1) is 0 Å². The van der Waals surface area contributed by atoms with Crippen LogP contribution in [0.2, 0.25) is 0 Å². The van der Waals surface area contributed by atoms with Crippen LogP contribution >= 0.6 is 46.9 Å². The van der Waals surface area contributed by atoms with Gasteiger partial charge in [0.25, 0.3) is 0 Å². The smallest absolute Gasteiger partial charge is 0.342 e. The number of hydrogen-bond acceptors (Lipinski definition) is 4. The molecule has 0 saturated heterocycles. The van der Waals surface area contributed by atoms with Gasteiger partial charge in [-0.1, -0.05) is 79.1 Å². The van der Waals surface area contributed by atoms with Gasteiger partial charge >= 0.3 is 11.9 Å². The maximum Gasteiger partial charge on any atom is 0.342 e. The van der Waals surface area contributed by atoms with E-state index < -0.39 is 22.7 Å². The quantitative estimate of drug-likeness (QED) is 0.179. The first-order valence-corrected chi connectivity index (χ1v) is 11.4. The average Bonchev–Trinajstić information content (AvgIpc) is 2.66. The van der Waals surface area contributed by atoms with E-state index in [2.05, 4.69) is 8.58 Å². The molecule has 0 aromatic heterocycles. The van der Waals surface area contributed by atoms with Gasteiger partial charge in [-0.2, -0.15) is 0 Å². The molecule has 0 spiro atoms. The zero-order chi connectivity index (χ0) is 21.8. The van der Waals surface area contributed by atoms with Crippen molar-refractivity contribution < 1.29 is 18.2 Å². The molecule has 166 valence electrons. The first-order chi connectivity index (χ1) is 13.0. The molecule has 0 aliphatic heterocycles. The topological polar surface area (TPSA) is 52.6 Å². The van der Waals surface area contributed by atoms with Gasteiger partial charge in [-0.05, 0) is 23.7 Å². The Labute approximate surface area is 190 Å². The van der Waals surface area contributed by atoms with Gasteiger partial charge in [-0.25, -0.2) is 9.59 Å². The summed E-state index contributed by atoms with van der Waals surface area (Å²) in [6.07, 6.45) is 10.7. The predicted octanol–water partition coefficient (Wildman–Crippen LogP) is 7.55. The van der Waals surface area contributed by atoms with Crippen molar-refractivity contribution in [3.8, 4) is 0 Å². The first-order valence-electron chi connectivity index (χ1n) is 9.92. The molecular formula is C20H34Cl4O4. The number of rotatable bonds is 15. The highest BCUT2D eigenvalue weighted by Crippen LogP contribution is 2.34. The molecule has 2 unspecified atom stereocenters. The highest BCUT2D eigenvalue weighted by atomic mass is 35.5. The Kier molecular flexibility index (Phi) is 14.2. The van der Waals surface area contributed by atoms with Crippen molar-refractivity contribution in [2.24, 2.45) is 10.8 Å². The minimum atomic E-state index is -0.729. The van der Waals surface area contributed by atoms with Crippen LogP contribution in [0.15, 0.2) is 0 Å². The molecule has 0 heterocycles. The van der Waals surface area contributed by atoms with Crippen LogP contribution in [0.4, 0.5) is 0 Å². The monoisotopic (exact) mass is 478 g/mol. The summed E-state index contributed by atoms with van der Waals surface area (Å²) in [6, 6.07) is 0. The summed E-state index contributed by atoms with van der Waals surface area (Å²) in [6.45, 7) is 7.83. The third-order valence-electron chi connectivity index (χ3n) is 5.33. The van der Waals surface area contributed by atoms with Gasteiger partial charge in [0.1, 0.15) is 34.5 Å². The van der Waals surface area contributed by atoms with E-state index >= 15 is 0 Å². The van der Waals surface area contributed by atoms with E-state index in [0.29, 0.717) is 0 Å². The maximum atomic E-state index is 11.4. The Balaban J connectivity index is 3.78. The molecule has 0 aromatic carbocycles. The Bertz CT molecular complexity index is 427. The second kappa shape index (κ2) is 14.2. The number of halogens is 4. The normalized spacial score (nSPS) is 14.4. The van der Waals surface area contributed by atoms with Gasteiger partial charge in [0.2, 0.25) is 0 Å². The van der Waals surface area contributed by atoms with Crippen molar-refractivity contribution in [2.45, 2.75) is 103 Å². The van der Waals surface area contributed by atoms with Crippen LogP contribution in [0.3, 0.4) is 0 Å². The molecule has 0 N–H and O–H groups in total. The van der Waals surface area contributed by atoms with Crippen molar-refractivity contribution >= 4 is 58.9 Å². The van der Waals surface area contributed by atoms with Crippen LogP contribution in [0.1, 0.15) is 91.9 Å². The lowest BCUT2D eigenvalue weighted by Crippen LogP contribution is -2.32. The zero-order valence-corrected chi connectivity index (χ0v) is 20.4. The molecular weight excluding hydrogens is 446 g/mol. The molecule has 0 amide bonds.